The van der Waals surface area contributed by atoms with Gasteiger partial charge in [0, 0.05) is 6.54 Å². The van der Waals surface area contributed by atoms with Gasteiger partial charge in [0.05, 0.1) is 17.8 Å². The smallest absolute Gasteiger partial charge is 0.335 e. The van der Waals surface area contributed by atoms with Crippen molar-refractivity contribution in [2.75, 3.05) is 11.4 Å². The highest BCUT2D eigenvalue weighted by Gasteiger charge is 2.24. The number of carboxylic acids is 1. The lowest BCUT2D eigenvalue weighted by Crippen LogP contribution is -2.39. The summed E-state index contributed by atoms with van der Waals surface area (Å²) in [6.07, 6.45) is 1.10. The maximum absolute atomic E-state index is 11.1. The van der Waals surface area contributed by atoms with E-state index in [9.17, 15) is 4.79 Å². The number of carboxylic acid groups (broad SMARTS) is 1. The van der Waals surface area contributed by atoms with E-state index in [2.05, 4.69) is 36.9 Å². The molecule has 3 rings (SSSR count). The zero-order valence-corrected chi connectivity index (χ0v) is 13.5. The van der Waals surface area contributed by atoms with E-state index in [0.717, 1.165) is 30.0 Å². The second-order valence-corrected chi connectivity index (χ2v) is 6.01. The van der Waals surface area contributed by atoms with Gasteiger partial charge in [0.1, 0.15) is 11.9 Å². The monoisotopic (exact) mass is 311 g/mol. The number of ether oxygens (including phenoxy) is 1. The van der Waals surface area contributed by atoms with Gasteiger partial charge >= 0.3 is 5.97 Å². The predicted molar refractivity (Wildman–Crippen MR) is 90.3 cm³/mol. The molecule has 4 heteroatoms. The lowest BCUT2D eigenvalue weighted by molar-refractivity contribution is 0.0696. The first-order valence-corrected chi connectivity index (χ1v) is 7.91. The third kappa shape index (κ3) is 3.31. The minimum Gasteiger partial charge on any atom is -0.486 e. The van der Waals surface area contributed by atoms with Crippen LogP contribution in [0.3, 0.4) is 0 Å². The number of rotatable bonds is 4. The highest BCUT2D eigenvalue weighted by Crippen LogP contribution is 2.35. The summed E-state index contributed by atoms with van der Waals surface area (Å²) in [5.74, 6) is 0.0220. The minimum absolute atomic E-state index is 0.159. The van der Waals surface area contributed by atoms with Crippen LogP contribution < -0.4 is 9.64 Å². The predicted octanol–water partition coefficient (Wildman–Crippen LogP) is 3.87. The van der Waals surface area contributed by atoms with E-state index in [1.54, 1.807) is 18.2 Å². The molecule has 2 aromatic rings. The molecule has 0 saturated heterocycles. The van der Waals surface area contributed by atoms with Gasteiger partial charge in [-0.15, -0.1) is 0 Å². The first-order chi connectivity index (χ1) is 11.1. The van der Waals surface area contributed by atoms with E-state index < -0.39 is 5.97 Å². The fourth-order valence-corrected chi connectivity index (χ4v) is 2.92. The van der Waals surface area contributed by atoms with E-state index in [-0.39, 0.29) is 6.10 Å². The van der Waals surface area contributed by atoms with Crippen molar-refractivity contribution in [1.29, 1.82) is 0 Å². The molecule has 1 atom stereocenters. The lowest BCUT2D eigenvalue weighted by Gasteiger charge is -2.36. The number of fused-ring (bicyclic) bond motifs is 1. The molecule has 0 radical (unpaired) electrons. The van der Waals surface area contributed by atoms with E-state index in [1.165, 1.54) is 5.56 Å². The molecule has 0 spiro atoms. The second-order valence-electron chi connectivity index (χ2n) is 6.01. The second kappa shape index (κ2) is 6.32. The third-order valence-electron chi connectivity index (χ3n) is 4.18. The molecule has 2 aromatic carbocycles. The van der Waals surface area contributed by atoms with Crippen LogP contribution in [0, 0.1) is 6.92 Å². The number of hydrogen-bond acceptors (Lipinski definition) is 3. The van der Waals surface area contributed by atoms with Crippen molar-refractivity contribution in [3.63, 3.8) is 0 Å². The molecular formula is C19H21NO3. The molecule has 0 aliphatic carbocycles. The Labute approximate surface area is 136 Å². The largest absolute Gasteiger partial charge is 0.486 e. The van der Waals surface area contributed by atoms with Crippen molar-refractivity contribution in [3.05, 3.63) is 59.2 Å². The summed E-state index contributed by atoms with van der Waals surface area (Å²) in [5.41, 5.74) is 3.56. The number of hydrogen-bond donors (Lipinski definition) is 1. The summed E-state index contributed by atoms with van der Waals surface area (Å²) >= 11 is 0. The van der Waals surface area contributed by atoms with Crippen molar-refractivity contribution in [1.82, 2.24) is 0 Å². The van der Waals surface area contributed by atoms with Gasteiger partial charge in [-0.05, 0) is 48.7 Å². The van der Waals surface area contributed by atoms with Gasteiger partial charge in [0.2, 0.25) is 0 Å². The van der Waals surface area contributed by atoms with Gasteiger partial charge in [0.15, 0.2) is 0 Å². The maximum atomic E-state index is 11.1. The Hall–Kier alpha value is -2.49. The Balaban J connectivity index is 1.90. The van der Waals surface area contributed by atoms with Crippen LogP contribution in [0.25, 0.3) is 0 Å². The first kappa shape index (κ1) is 15.4. The van der Waals surface area contributed by atoms with Gasteiger partial charge < -0.3 is 14.7 Å². The first-order valence-electron chi connectivity index (χ1n) is 7.91. The molecule has 120 valence electrons. The zero-order chi connectivity index (χ0) is 16.4. The van der Waals surface area contributed by atoms with E-state index in [1.807, 2.05) is 6.07 Å². The van der Waals surface area contributed by atoms with Crippen LogP contribution in [0.2, 0.25) is 0 Å². The fourth-order valence-electron chi connectivity index (χ4n) is 2.92. The van der Waals surface area contributed by atoms with E-state index >= 15 is 0 Å². The standard InChI is InChI=1S/C19H21NO3/c1-3-16-12-20(17-8-7-13(2)9-18(17)23-16)11-14-5-4-6-15(10-14)19(21)22/h4-10,16H,3,11-12H2,1-2H3,(H,21,22). The van der Waals surface area contributed by atoms with E-state index in [0.29, 0.717) is 12.1 Å². The molecule has 1 aliphatic rings. The summed E-state index contributed by atoms with van der Waals surface area (Å²) in [5, 5.41) is 9.15. The number of aromatic carboxylic acids is 1. The molecule has 0 saturated carbocycles. The highest BCUT2D eigenvalue weighted by molar-refractivity contribution is 5.87. The number of anilines is 1. The van der Waals surface area contributed by atoms with Gasteiger partial charge in [-0.2, -0.15) is 0 Å². The number of aryl methyl sites for hydroxylation is 1. The maximum Gasteiger partial charge on any atom is 0.335 e. The number of nitrogens with zero attached hydrogens (tertiary/aromatic N) is 1. The number of carbonyl (C=O) groups is 1. The van der Waals surface area contributed by atoms with Crippen molar-refractivity contribution in [3.8, 4) is 5.75 Å². The van der Waals surface area contributed by atoms with Gasteiger partial charge in [-0.25, -0.2) is 4.79 Å². The summed E-state index contributed by atoms with van der Waals surface area (Å²) < 4.78 is 6.06. The molecule has 1 aliphatic heterocycles. The van der Waals surface area contributed by atoms with Crippen molar-refractivity contribution < 1.29 is 14.6 Å². The Morgan fingerprint density at radius 2 is 2.13 bits per heavy atom. The molecule has 1 unspecified atom stereocenters. The van der Waals surface area contributed by atoms with Gasteiger partial charge in [-0.1, -0.05) is 25.1 Å². The summed E-state index contributed by atoms with van der Waals surface area (Å²) in [6.45, 7) is 5.66. The molecule has 0 bridgehead atoms. The number of benzene rings is 2. The highest BCUT2D eigenvalue weighted by atomic mass is 16.5. The van der Waals surface area contributed by atoms with Gasteiger partial charge in [-0.3, -0.25) is 0 Å². The Morgan fingerprint density at radius 1 is 1.30 bits per heavy atom. The Morgan fingerprint density at radius 3 is 2.87 bits per heavy atom. The SMILES string of the molecule is CCC1CN(Cc2cccc(C(=O)O)c2)c2ccc(C)cc2O1. The Bertz CT molecular complexity index is 726. The summed E-state index contributed by atoms with van der Waals surface area (Å²) in [6, 6.07) is 13.4. The lowest BCUT2D eigenvalue weighted by atomic mass is 10.1. The average molecular weight is 311 g/mol. The van der Waals surface area contributed by atoms with Crippen LogP contribution in [-0.2, 0) is 6.54 Å². The molecule has 23 heavy (non-hydrogen) atoms. The molecule has 1 N–H and O–H groups in total. The van der Waals surface area contributed by atoms with E-state index in [4.69, 9.17) is 9.84 Å². The van der Waals surface area contributed by atoms with Crippen LogP contribution in [0.1, 0.15) is 34.8 Å². The van der Waals surface area contributed by atoms with Crippen LogP contribution in [0.4, 0.5) is 5.69 Å². The fraction of sp³-hybridized carbons (Fsp3) is 0.316. The van der Waals surface area contributed by atoms with Crippen molar-refractivity contribution in [2.24, 2.45) is 0 Å². The average Bonchev–Trinajstić information content (AvgIpc) is 2.54. The van der Waals surface area contributed by atoms with Crippen LogP contribution in [0.5, 0.6) is 5.75 Å². The van der Waals surface area contributed by atoms with Crippen LogP contribution in [-0.4, -0.2) is 23.7 Å². The molecule has 0 fully saturated rings. The topological polar surface area (TPSA) is 49.8 Å². The van der Waals surface area contributed by atoms with Gasteiger partial charge in [0.25, 0.3) is 0 Å². The van der Waals surface area contributed by atoms with Crippen LogP contribution in [0.15, 0.2) is 42.5 Å². The molecule has 0 aromatic heterocycles. The Kier molecular flexibility index (Phi) is 4.24. The van der Waals surface area contributed by atoms with Crippen molar-refractivity contribution in [2.45, 2.75) is 32.9 Å². The summed E-state index contributed by atoms with van der Waals surface area (Å²) in [7, 11) is 0. The summed E-state index contributed by atoms with van der Waals surface area (Å²) in [4.78, 5) is 13.4. The molecule has 1 heterocycles. The molecule has 4 nitrogen and oxygen atoms in total. The van der Waals surface area contributed by atoms with Crippen LogP contribution >= 0.6 is 0 Å². The third-order valence-corrected chi connectivity index (χ3v) is 4.18. The normalized spacial score (nSPS) is 16.6. The minimum atomic E-state index is -0.892. The molecule has 0 amide bonds. The zero-order valence-electron chi connectivity index (χ0n) is 13.5. The molecular weight excluding hydrogens is 290 g/mol. The van der Waals surface area contributed by atoms with Crippen molar-refractivity contribution >= 4 is 11.7 Å². The quantitative estimate of drug-likeness (QED) is 0.931.